The van der Waals surface area contributed by atoms with E-state index in [1.165, 1.54) is 0 Å². The number of carboxylic acids is 1. The maximum absolute atomic E-state index is 12.9. The number of carboxylic acid groups (broad SMARTS) is 1. The van der Waals surface area contributed by atoms with Crippen molar-refractivity contribution in [3.63, 3.8) is 0 Å². The lowest BCUT2D eigenvalue weighted by Gasteiger charge is -2.36. The number of nitrogens with one attached hydrogen (secondary N) is 1. The van der Waals surface area contributed by atoms with Crippen LogP contribution in [0.1, 0.15) is 70.6 Å². The summed E-state index contributed by atoms with van der Waals surface area (Å²) in [5, 5.41) is 17.3. The quantitative estimate of drug-likeness (QED) is 0.722. The lowest BCUT2D eigenvalue weighted by atomic mass is 9.75. The van der Waals surface area contributed by atoms with Gasteiger partial charge in [0.05, 0.1) is 11.4 Å². The fraction of sp³-hybridized carbons (Fsp3) is 0.636. The van der Waals surface area contributed by atoms with Crippen molar-refractivity contribution in [2.45, 2.75) is 59.4 Å². The van der Waals surface area contributed by atoms with Gasteiger partial charge >= 0.3 is 5.97 Å². The van der Waals surface area contributed by atoms with Gasteiger partial charge in [0.25, 0.3) is 5.91 Å². The Balaban J connectivity index is 1.62. The van der Waals surface area contributed by atoms with E-state index in [2.05, 4.69) is 10.3 Å². The number of hydrogen-bond donors (Lipinski definition) is 2. The van der Waals surface area contributed by atoms with Gasteiger partial charge in [-0.1, -0.05) is 6.92 Å². The SMILES string of the molecule is CCn1nc(C[C@H](C)Cc2nc(C)oc2C(=O)O)c2c1C(=O)NCC1(CCOCC1)C2. The van der Waals surface area contributed by atoms with Crippen LogP contribution in [0.2, 0.25) is 0 Å². The van der Waals surface area contributed by atoms with Crippen LogP contribution >= 0.6 is 0 Å². The van der Waals surface area contributed by atoms with Crippen molar-refractivity contribution in [3.8, 4) is 0 Å². The molecule has 2 aromatic rings. The van der Waals surface area contributed by atoms with E-state index in [4.69, 9.17) is 14.3 Å². The highest BCUT2D eigenvalue weighted by Gasteiger charge is 2.39. The summed E-state index contributed by atoms with van der Waals surface area (Å²) in [5.74, 6) is -0.828. The van der Waals surface area contributed by atoms with Gasteiger partial charge in [0.15, 0.2) is 5.89 Å². The number of fused-ring (bicyclic) bond motifs is 1. The summed E-state index contributed by atoms with van der Waals surface area (Å²) in [4.78, 5) is 28.6. The van der Waals surface area contributed by atoms with E-state index in [0.717, 1.165) is 30.5 Å². The molecule has 0 aromatic carbocycles. The molecule has 0 bridgehead atoms. The first-order valence-corrected chi connectivity index (χ1v) is 11.0. The summed E-state index contributed by atoms with van der Waals surface area (Å²) in [5.41, 5.74) is 3.07. The third-order valence-corrected chi connectivity index (χ3v) is 6.46. The molecular formula is C22H30N4O5. The average molecular weight is 431 g/mol. The van der Waals surface area contributed by atoms with Crippen molar-refractivity contribution in [2.24, 2.45) is 11.3 Å². The number of hydrogen-bond acceptors (Lipinski definition) is 6. The summed E-state index contributed by atoms with van der Waals surface area (Å²) in [6.45, 7) is 8.38. The number of oxazole rings is 1. The predicted molar refractivity (Wildman–Crippen MR) is 111 cm³/mol. The molecule has 9 heteroatoms. The van der Waals surface area contributed by atoms with Crippen molar-refractivity contribution < 1.29 is 23.8 Å². The molecule has 168 valence electrons. The summed E-state index contributed by atoms with van der Waals surface area (Å²) in [7, 11) is 0. The molecule has 1 atom stereocenters. The first-order chi connectivity index (χ1) is 14.8. The number of carbonyl (C=O) groups is 2. The Bertz CT molecular complexity index is 986. The maximum atomic E-state index is 12.9. The molecule has 1 fully saturated rings. The Morgan fingerprint density at radius 1 is 1.29 bits per heavy atom. The van der Waals surface area contributed by atoms with Gasteiger partial charge in [0.1, 0.15) is 5.69 Å². The number of aryl methyl sites for hydroxylation is 2. The normalized spacial score (nSPS) is 19.0. The molecule has 31 heavy (non-hydrogen) atoms. The average Bonchev–Trinajstić information content (AvgIpc) is 3.22. The molecule has 0 radical (unpaired) electrons. The van der Waals surface area contributed by atoms with Crippen LogP contribution in [0.5, 0.6) is 0 Å². The van der Waals surface area contributed by atoms with Crippen LogP contribution in [0.3, 0.4) is 0 Å². The van der Waals surface area contributed by atoms with Gasteiger partial charge in [0, 0.05) is 38.8 Å². The summed E-state index contributed by atoms with van der Waals surface area (Å²) >= 11 is 0. The molecule has 0 saturated carbocycles. The van der Waals surface area contributed by atoms with Gasteiger partial charge in [-0.15, -0.1) is 0 Å². The van der Waals surface area contributed by atoms with E-state index in [1.807, 2.05) is 13.8 Å². The lowest BCUT2D eigenvalue weighted by molar-refractivity contribution is 0.0160. The van der Waals surface area contributed by atoms with E-state index in [1.54, 1.807) is 11.6 Å². The Labute approximate surface area is 181 Å². The molecule has 9 nitrogen and oxygen atoms in total. The predicted octanol–water partition coefficient (Wildman–Crippen LogP) is 2.40. The summed E-state index contributed by atoms with van der Waals surface area (Å²) < 4.78 is 12.6. The zero-order valence-electron chi connectivity index (χ0n) is 18.4. The smallest absolute Gasteiger partial charge is 0.373 e. The van der Waals surface area contributed by atoms with Gasteiger partial charge in [-0.3, -0.25) is 9.48 Å². The maximum Gasteiger partial charge on any atom is 0.373 e. The van der Waals surface area contributed by atoms with Crippen molar-refractivity contribution in [3.05, 3.63) is 34.3 Å². The summed E-state index contributed by atoms with van der Waals surface area (Å²) in [6, 6.07) is 0. The third kappa shape index (κ3) is 4.23. The fourth-order valence-electron chi connectivity index (χ4n) is 4.84. The van der Waals surface area contributed by atoms with E-state index >= 15 is 0 Å². The molecule has 0 unspecified atom stereocenters. The van der Waals surface area contributed by atoms with Crippen molar-refractivity contribution in [1.29, 1.82) is 0 Å². The molecule has 1 spiro atoms. The van der Waals surface area contributed by atoms with Crippen molar-refractivity contribution in [1.82, 2.24) is 20.1 Å². The van der Waals surface area contributed by atoms with Crippen molar-refractivity contribution >= 4 is 11.9 Å². The molecule has 4 rings (SSSR count). The minimum Gasteiger partial charge on any atom is -0.475 e. The van der Waals surface area contributed by atoms with Crippen molar-refractivity contribution in [2.75, 3.05) is 19.8 Å². The molecule has 1 saturated heterocycles. The second-order valence-electron chi connectivity index (χ2n) is 8.89. The fourth-order valence-corrected chi connectivity index (χ4v) is 4.84. The number of rotatable bonds is 6. The molecule has 0 aliphatic carbocycles. The van der Waals surface area contributed by atoms with Gasteiger partial charge in [-0.05, 0) is 50.4 Å². The Kier molecular flexibility index (Phi) is 5.88. The molecule has 2 aliphatic heterocycles. The van der Waals surface area contributed by atoms with Crippen LogP contribution in [-0.2, 0) is 30.5 Å². The van der Waals surface area contributed by atoms with Gasteiger partial charge < -0.3 is 19.6 Å². The van der Waals surface area contributed by atoms with Gasteiger partial charge in [-0.25, -0.2) is 9.78 Å². The van der Waals surface area contributed by atoms with E-state index in [0.29, 0.717) is 56.4 Å². The minimum absolute atomic E-state index is 0.00153. The van der Waals surface area contributed by atoms with Crippen LogP contribution in [0.25, 0.3) is 0 Å². The molecule has 1 amide bonds. The van der Waals surface area contributed by atoms with E-state index in [-0.39, 0.29) is 23.0 Å². The van der Waals surface area contributed by atoms with E-state index < -0.39 is 5.97 Å². The topological polar surface area (TPSA) is 119 Å². The number of ether oxygens (including phenoxy) is 1. The Hall–Kier alpha value is -2.68. The number of aromatic carboxylic acids is 1. The van der Waals surface area contributed by atoms with Crippen LogP contribution in [0, 0.1) is 18.3 Å². The zero-order valence-corrected chi connectivity index (χ0v) is 18.4. The number of amides is 1. The number of carbonyl (C=O) groups excluding carboxylic acids is 1. The zero-order chi connectivity index (χ0) is 22.2. The Morgan fingerprint density at radius 3 is 2.68 bits per heavy atom. The number of nitrogens with zero attached hydrogens (tertiary/aromatic N) is 3. The molecule has 2 aliphatic rings. The van der Waals surface area contributed by atoms with E-state index in [9.17, 15) is 14.7 Å². The third-order valence-electron chi connectivity index (χ3n) is 6.46. The molecular weight excluding hydrogens is 400 g/mol. The largest absolute Gasteiger partial charge is 0.475 e. The Morgan fingerprint density at radius 2 is 2.00 bits per heavy atom. The molecule has 2 aromatic heterocycles. The molecule has 2 N–H and O–H groups in total. The second kappa shape index (κ2) is 8.45. The highest BCUT2D eigenvalue weighted by Crippen LogP contribution is 2.38. The van der Waals surface area contributed by atoms with Gasteiger partial charge in [-0.2, -0.15) is 5.10 Å². The van der Waals surface area contributed by atoms with Gasteiger partial charge in [0.2, 0.25) is 5.76 Å². The minimum atomic E-state index is -1.11. The second-order valence-corrected chi connectivity index (χ2v) is 8.89. The van der Waals surface area contributed by atoms with Crippen LogP contribution in [0.15, 0.2) is 4.42 Å². The van der Waals surface area contributed by atoms with Crippen LogP contribution in [-0.4, -0.2) is 51.5 Å². The standard InChI is InChI=1S/C22H30N4O5/c1-4-26-18-15(11-22(12-23-20(18)27)5-7-30-8-6-22)16(25-26)9-13(2)10-17-19(21(28)29)31-14(3)24-17/h13H,4-12H2,1-3H3,(H,23,27)(H,28,29)/t13-/m0/s1. The van der Waals surface area contributed by atoms with Crippen LogP contribution in [0.4, 0.5) is 0 Å². The molecule has 4 heterocycles. The lowest BCUT2D eigenvalue weighted by Crippen LogP contribution is -2.40. The van der Waals surface area contributed by atoms with Crippen LogP contribution < -0.4 is 5.32 Å². The highest BCUT2D eigenvalue weighted by atomic mass is 16.5. The first-order valence-electron chi connectivity index (χ1n) is 11.0. The monoisotopic (exact) mass is 430 g/mol. The first kappa shape index (κ1) is 21.5. The summed E-state index contributed by atoms with van der Waals surface area (Å²) in [6.07, 6.45) is 3.74. The highest BCUT2D eigenvalue weighted by molar-refractivity contribution is 5.94. The number of aromatic nitrogens is 3.